The summed E-state index contributed by atoms with van der Waals surface area (Å²) in [6.45, 7) is 0.337. The van der Waals surface area contributed by atoms with Crippen molar-refractivity contribution in [3.8, 4) is 18.1 Å². The van der Waals surface area contributed by atoms with E-state index >= 15 is 0 Å². The number of alkyl halides is 3. The van der Waals surface area contributed by atoms with Crippen molar-refractivity contribution in [3.05, 3.63) is 30.3 Å². The molecule has 0 fully saturated rings. The Morgan fingerprint density at radius 3 is 2.18 bits per heavy atom. The van der Waals surface area contributed by atoms with Crippen LogP contribution in [-0.2, 0) is 4.79 Å². The van der Waals surface area contributed by atoms with Gasteiger partial charge in [-0.05, 0) is 12.1 Å². The quantitative estimate of drug-likeness (QED) is 0.814. The number of ether oxygens (including phenoxy) is 1. The molecule has 3 nitrogen and oxygen atoms in total. The second-order valence-corrected chi connectivity index (χ2v) is 2.61. The Hall–Kier alpha value is -2.16. The minimum Gasteiger partial charge on any atom is -0.481 e. The third kappa shape index (κ3) is 7.73. The summed E-state index contributed by atoms with van der Waals surface area (Å²) in [5, 5.41) is 7.12. The van der Waals surface area contributed by atoms with Gasteiger partial charge in [0.05, 0.1) is 0 Å². The maximum Gasteiger partial charge on any atom is 0.490 e. The van der Waals surface area contributed by atoms with E-state index in [-0.39, 0.29) is 0 Å². The van der Waals surface area contributed by atoms with Crippen LogP contribution in [0, 0.1) is 12.3 Å². The van der Waals surface area contributed by atoms with Gasteiger partial charge in [0, 0.05) is 0 Å². The number of carbonyl (C=O) groups is 1. The van der Waals surface area contributed by atoms with Gasteiger partial charge in [-0.25, -0.2) is 4.79 Å². The molecule has 6 heteroatoms. The monoisotopic (exact) mass is 246 g/mol. The van der Waals surface area contributed by atoms with Gasteiger partial charge in [0.25, 0.3) is 0 Å². The standard InChI is InChI=1S/C9H8O.C2HF3O2/c1-2-8-10-9-6-4-3-5-7-9;3-2(4,5)1(6)7/h1,3-7H,8H2;(H,6,7). The molecule has 1 aromatic carbocycles. The Morgan fingerprint density at radius 2 is 1.82 bits per heavy atom. The van der Waals surface area contributed by atoms with Gasteiger partial charge in [-0.2, -0.15) is 13.2 Å². The molecule has 17 heavy (non-hydrogen) atoms. The number of carboxylic acids is 1. The van der Waals surface area contributed by atoms with Crippen molar-refractivity contribution in [2.24, 2.45) is 0 Å². The Bertz CT molecular complexity index is 379. The molecule has 1 aromatic rings. The number of benzene rings is 1. The lowest BCUT2D eigenvalue weighted by molar-refractivity contribution is -0.192. The SMILES string of the molecule is C#CCOc1ccccc1.O=C(O)C(F)(F)F. The summed E-state index contributed by atoms with van der Waals surface area (Å²) in [5.74, 6) is 0.457. The van der Waals surface area contributed by atoms with Gasteiger partial charge in [0.1, 0.15) is 12.4 Å². The number of carboxylic acid groups (broad SMARTS) is 1. The van der Waals surface area contributed by atoms with Crippen molar-refractivity contribution in [2.75, 3.05) is 6.61 Å². The first-order chi connectivity index (χ1) is 7.88. The van der Waals surface area contributed by atoms with Gasteiger partial charge in [-0.15, -0.1) is 6.42 Å². The van der Waals surface area contributed by atoms with Gasteiger partial charge < -0.3 is 9.84 Å². The van der Waals surface area contributed by atoms with E-state index in [9.17, 15) is 13.2 Å². The van der Waals surface area contributed by atoms with Crippen LogP contribution in [0.1, 0.15) is 0 Å². The summed E-state index contributed by atoms with van der Waals surface area (Å²) in [7, 11) is 0. The van der Waals surface area contributed by atoms with Crippen molar-refractivity contribution >= 4 is 5.97 Å². The van der Waals surface area contributed by atoms with Crippen molar-refractivity contribution in [1.82, 2.24) is 0 Å². The number of hydrogen-bond donors (Lipinski definition) is 1. The lowest BCUT2D eigenvalue weighted by Crippen LogP contribution is -2.21. The molecule has 0 atom stereocenters. The fraction of sp³-hybridized carbons (Fsp3) is 0.182. The average Bonchev–Trinajstić information content (AvgIpc) is 2.27. The molecule has 92 valence electrons. The molecule has 0 aliphatic heterocycles. The molecule has 0 aliphatic rings. The van der Waals surface area contributed by atoms with Crippen LogP contribution < -0.4 is 4.74 Å². The van der Waals surface area contributed by atoms with Crippen molar-refractivity contribution in [2.45, 2.75) is 6.18 Å². The summed E-state index contributed by atoms with van der Waals surface area (Å²) in [6, 6.07) is 9.50. The van der Waals surface area contributed by atoms with Crippen LogP contribution in [0.2, 0.25) is 0 Å². The normalized spacial score (nSPS) is 9.53. The molecule has 0 spiro atoms. The molecular formula is C11H9F3O3. The molecule has 0 unspecified atom stereocenters. The third-order valence-corrected chi connectivity index (χ3v) is 1.31. The topological polar surface area (TPSA) is 46.5 Å². The van der Waals surface area contributed by atoms with E-state index in [2.05, 4.69) is 5.92 Å². The summed E-state index contributed by atoms with van der Waals surface area (Å²) in [4.78, 5) is 8.90. The van der Waals surface area contributed by atoms with Gasteiger partial charge >= 0.3 is 12.1 Å². The fourth-order valence-corrected chi connectivity index (χ4v) is 0.642. The predicted molar refractivity (Wildman–Crippen MR) is 54.5 cm³/mol. The number of rotatable bonds is 2. The van der Waals surface area contributed by atoms with Gasteiger partial charge in [-0.3, -0.25) is 0 Å². The molecule has 1 rings (SSSR count). The average molecular weight is 246 g/mol. The van der Waals surface area contributed by atoms with Crippen LogP contribution in [-0.4, -0.2) is 23.9 Å². The molecule has 0 radical (unpaired) electrons. The highest BCUT2D eigenvalue weighted by atomic mass is 19.4. The molecule has 0 saturated carbocycles. The predicted octanol–water partition coefficient (Wildman–Crippen LogP) is 2.33. The van der Waals surface area contributed by atoms with E-state index < -0.39 is 12.1 Å². The molecule has 0 heterocycles. The highest BCUT2D eigenvalue weighted by molar-refractivity contribution is 5.73. The Balaban J connectivity index is 0.000000325. The molecule has 0 saturated heterocycles. The number of terminal acetylenes is 1. The van der Waals surface area contributed by atoms with E-state index in [0.717, 1.165) is 5.75 Å². The number of para-hydroxylation sites is 1. The van der Waals surface area contributed by atoms with Gasteiger partial charge in [-0.1, -0.05) is 24.1 Å². The van der Waals surface area contributed by atoms with Gasteiger partial charge in [0.15, 0.2) is 0 Å². The van der Waals surface area contributed by atoms with Crippen LogP contribution in [0.4, 0.5) is 13.2 Å². The second kappa shape index (κ2) is 7.17. The molecule has 0 amide bonds. The fourth-order valence-electron chi connectivity index (χ4n) is 0.642. The molecular weight excluding hydrogens is 237 g/mol. The van der Waals surface area contributed by atoms with Crippen LogP contribution >= 0.6 is 0 Å². The highest BCUT2D eigenvalue weighted by Crippen LogP contribution is 2.13. The van der Waals surface area contributed by atoms with E-state index in [4.69, 9.17) is 21.1 Å². The summed E-state index contributed by atoms with van der Waals surface area (Å²) >= 11 is 0. The summed E-state index contributed by atoms with van der Waals surface area (Å²) in [6.07, 6.45) is -0.0820. The molecule has 0 aromatic heterocycles. The van der Waals surface area contributed by atoms with Crippen LogP contribution in [0.15, 0.2) is 30.3 Å². The lowest BCUT2D eigenvalue weighted by atomic mass is 10.3. The van der Waals surface area contributed by atoms with Crippen molar-refractivity contribution in [1.29, 1.82) is 0 Å². The Kier molecular flexibility index (Phi) is 6.26. The minimum atomic E-state index is -5.08. The van der Waals surface area contributed by atoms with Crippen LogP contribution in [0.25, 0.3) is 0 Å². The number of halogens is 3. The first kappa shape index (κ1) is 14.8. The first-order valence-electron chi connectivity index (χ1n) is 4.29. The largest absolute Gasteiger partial charge is 0.490 e. The zero-order valence-electron chi connectivity index (χ0n) is 8.57. The lowest BCUT2D eigenvalue weighted by Gasteiger charge is -1.98. The molecule has 0 aliphatic carbocycles. The van der Waals surface area contributed by atoms with Crippen LogP contribution in [0.3, 0.4) is 0 Å². The van der Waals surface area contributed by atoms with E-state index in [0.29, 0.717) is 6.61 Å². The smallest absolute Gasteiger partial charge is 0.481 e. The van der Waals surface area contributed by atoms with E-state index in [1.807, 2.05) is 30.3 Å². The Morgan fingerprint density at radius 1 is 1.35 bits per heavy atom. The zero-order valence-corrected chi connectivity index (χ0v) is 8.57. The summed E-state index contributed by atoms with van der Waals surface area (Å²) < 4.78 is 36.9. The van der Waals surface area contributed by atoms with Crippen LogP contribution in [0.5, 0.6) is 5.75 Å². The zero-order chi connectivity index (χ0) is 13.3. The highest BCUT2D eigenvalue weighted by Gasteiger charge is 2.38. The maximum absolute atomic E-state index is 10.6. The number of hydrogen-bond acceptors (Lipinski definition) is 2. The Labute approximate surface area is 95.8 Å². The minimum absolute atomic E-state index is 0.337. The van der Waals surface area contributed by atoms with Crippen molar-refractivity contribution in [3.63, 3.8) is 0 Å². The second-order valence-electron chi connectivity index (χ2n) is 2.61. The third-order valence-electron chi connectivity index (χ3n) is 1.31. The van der Waals surface area contributed by atoms with Crippen molar-refractivity contribution < 1.29 is 27.8 Å². The van der Waals surface area contributed by atoms with E-state index in [1.54, 1.807) is 0 Å². The molecule has 1 N–H and O–H groups in total. The first-order valence-corrected chi connectivity index (χ1v) is 4.29. The molecule has 0 bridgehead atoms. The number of aliphatic carboxylic acids is 1. The van der Waals surface area contributed by atoms with E-state index in [1.165, 1.54) is 0 Å². The van der Waals surface area contributed by atoms with Gasteiger partial charge in [0.2, 0.25) is 0 Å². The summed E-state index contributed by atoms with van der Waals surface area (Å²) in [5.41, 5.74) is 0. The maximum atomic E-state index is 10.6.